The molecule has 1 rings (SSSR count). The van der Waals surface area contributed by atoms with Gasteiger partial charge < -0.3 is 11.1 Å². The number of rotatable bonds is 7. The summed E-state index contributed by atoms with van der Waals surface area (Å²) in [4.78, 5) is 10.3. The minimum absolute atomic E-state index is 0.118. The van der Waals surface area contributed by atoms with Crippen molar-refractivity contribution in [3.05, 3.63) is 39.9 Å². The van der Waals surface area contributed by atoms with Crippen molar-refractivity contribution in [3.8, 4) is 0 Å². The fraction of sp³-hybridized carbons (Fsp3) is 0.500. The fourth-order valence-corrected chi connectivity index (χ4v) is 1.61. The van der Waals surface area contributed by atoms with Gasteiger partial charge in [-0.3, -0.25) is 10.1 Å². The van der Waals surface area contributed by atoms with E-state index in [1.54, 1.807) is 12.1 Å². The van der Waals surface area contributed by atoms with E-state index in [1.807, 2.05) is 13.0 Å². The van der Waals surface area contributed by atoms with Gasteiger partial charge in [0.25, 0.3) is 5.69 Å². The first-order valence-electron chi connectivity index (χ1n) is 5.83. The van der Waals surface area contributed by atoms with Crippen LogP contribution in [0.15, 0.2) is 24.3 Å². The van der Waals surface area contributed by atoms with Gasteiger partial charge in [-0.2, -0.15) is 0 Å². The van der Waals surface area contributed by atoms with Crippen LogP contribution in [0.3, 0.4) is 0 Å². The first kappa shape index (κ1) is 13.6. The zero-order valence-electron chi connectivity index (χ0n) is 10.1. The topological polar surface area (TPSA) is 81.2 Å². The second-order valence-electron chi connectivity index (χ2n) is 4.02. The highest BCUT2D eigenvalue weighted by Gasteiger charge is 2.09. The fourth-order valence-electron chi connectivity index (χ4n) is 1.61. The predicted molar refractivity (Wildman–Crippen MR) is 67.8 cm³/mol. The Morgan fingerprint density at radius 1 is 1.47 bits per heavy atom. The largest absolute Gasteiger partial charge is 0.330 e. The van der Waals surface area contributed by atoms with E-state index < -0.39 is 0 Å². The molecule has 1 atom stereocenters. The van der Waals surface area contributed by atoms with Gasteiger partial charge in [-0.15, -0.1) is 0 Å². The second-order valence-corrected chi connectivity index (χ2v) is 4.02. The number of nitro groups is 1. The molecular weight excluding hydrogens is 218 g/mol. The molecule has 0 radical (unpaired) electrons. The Hall–Kier alpha value is -1.46. The number of nitro benzene ring substituents is 1. The number of benzene rings is 1. The Labute approximate surface area is 101 Å². The first-order valence-corrected chi connectivity index (χ1v) is 5.83. The summed E-state index contributed by atoms with van der Waals surface area (Å²) in [5.41, 5.74) is 6.48. The van der Waals surface area contributed by atoms with Gasteiger partial charge in [-0.05, 0) is 38.4 Å². The van der Waals surface area contributed by atoms with Gasteiger partial charge in [-0.25, -0.2) is 0 Å². The molecule has 0 aliphatic rings. The summed E-state index contributed by atoms with van der Waals surface area (Å²) < 4.78 is 0. The lowest BCUT2D eigenvalue weighted by Crippen LogP contribution is -2.20. The van der Waals surface area contributed by atoms with Gasteiger partial charge in [-0.1, -0.05) is 12.1 Å². The summed E-state index contributed by atoms with van der Waals surface area (Å²) in [5, 5.41) is 14.0. The molecule has 0 saturated carbocycles. The predicted octanol–water partition coefficient (Wildman–Crippen LogP) is 1.98. The molecule has 1 unspecified atom stereocenters. The average Bonchev–Trinajstić information content (AvgIpc) is 2.34. The number of nitrogens with two attached hydrogens (primary N) is 1. The molecule has 0 aliphatic carbocycles. The summed E-state index contributed by atoms with van der Waals surface area (Å²) in [6, 6.07) is 6.84. The molecule has 0 bridgehead atoms. The van der Waals surface area contributed by atoms with Gasteiger partial charge in [0.1, 0.15) is 0 Å². The summed E-state index contributed by atoms with van der Waals surface area (Å²) in [5.74, 6) is 0. The van der Waals surface area contributed by atoms with E-state index in [2.05, 4.69) is 5.32 Å². The molecule has 3 N–H and O–H groups in total. The van der Waals surface area contributed by atoms with E-state index in [-0.39, 0.29) is 16.7 Å². The maximum Gasteiger partial charge on any atom is 0.269 e. The first-order chi connectivity index (χ1) is 8.15. The van der Waals surface area contributed by atoms with E-state index in [0.29, 0.717) is 6.54 Å². The summed E-state index contributed by atoms with van der Waals surface area (Å²) >= 11 is 0. The number of hydrogen-bond acceptors (Lipinski definition) is 4. The molecule has 5 nitrogen and oxygen atoms in total. The van der Waals surface area contributed by atoms with Gasteiger partial charge in [0.2, 0.25) is 0 Å². The second kappa shape index (κ2) is 6.98. The van der Waals surface area contributed by atoms with E-state index in [1.165, 1.54) is 6.07 Å². The third kappa shape index (κ3) is 4.50. The van der Waals surface area contributed by atoms with Crippen molar-refractivity contribution in [2.45, 2.75) is 25.8 Å². The van der Waals surface area contributed by atoms with Crippen LogP contribution in [0, 0.1) is 10.1 Å². The van der Waals surface area contributed by atoms with Crippen LogP contribution >= 0.6 is 0 Å². The monoisotopic (exact) mass is 237 g/mol. The zero-order chi connectivity index (χ0) is 12.7. The van der Waals surface area contributed by atoms with E-state index >= 15 is 0 Å². The normalized spacial score (nSPS) is 12.4. The Bertz CT molecular complexity index is 369. The quantitative estimate of drug-likeness (QED) is 0.431. The highest BCUT2D eigenvalue weighted by atomic mass is 16.6. The van der Waals surface area contributed by atoms with E-state index in [4.69, 9.17) is 5.73 Å². The van der Waals surface area contributed by atoms with Crippen LogP contribution in [-0.2, 0) is 0 Å². The van der Waals surface area contributed by atoms with Crippen molar-refractivity contribution in [3.63, 3.8) is 0 Å². The number of unbranched alkanes of at least 4 members (excludes halogenated alkanes) is 1. The molecule has 1 aromatic rings. The highest BCUT2D eigenvalue weighted by molar-refractivity contribution is 5.35. The lowest BCUT2D eigenvalue weighted by atomic mass is 10.1. The van der Waals surface area contributed by atoms with Crippen LogP contribution in [0.1, 0.15) is 31.4 Å². The molecule has 0 aliphatic heterocycles. The minimum atomic E-state index is -0.370. The number of non-ortho nitro benzene ring substituents is 1. The Kier molecular flexibility index (Phi) is 5.59. The molecule has 0 spiro atoms. The maximum absolute atomic E-state index is 10.6. The summed E-state index contributed by atoms with van der Waals surface area (Å²) in [6.45, 7) is 3.58. The van der Waals surface area contributed by atoms with Crippen molar-refractivity contribution in [2.75, 3.05) is 13.1 Å². The molecule has 0 aromatic heterocycles. The zero-order valence-corrected chi connectivity index (χ0v) is 10.1. The van der Waals surface area contributed by atoms with Crippen molar-refractivity contribution in [1.82, 2.24) is 5.32 Å². The van der Waals surface area contributed by atoms with Crippen LogP contribution in [0.2, 0.25) is 0 Å². The molecule has 0 heterocycles. The van der Waals surface area contributed by atoms with Crippen LogP contribution in [-0.4, -0.2) is 18.0 Å². The standard InChI is InChI=1S/C12H19N3O2/c1-10(14-8-3-2-7-13)11-5-4-6-12(9-11)15(16)17/h4-6,9-10,14H,2-3,7-8,13H2,1H3. The molecular formula is C12H19N3O2. The average molecular weight is 237 g/mol. The molecule has 0 saturated heterocycles. The summed E-state index contributed by atoms with van der Waals surface area (Å²) in [7, 11) is 0. The highest BCUT2D eigenvalue weighted by Crippen LogP contribution is 2.18. The molecule has 1 aromatic carbocycles. The van der Waals surface area contributed by atoms with Crippen molar-refractivity contribution < 1.29 is 4.92 Å². The van der Waals surface area contributed by atoms with Crippen LogP contribution in [0.25, 0.3) is 0 Å². The molecule has 94 valence electrons. The molecule has 17 heavy (non-hydrogen) atoms. The number of nitrogens with one attached hydrogen (secondary N) is 1. The lowest BCUT2D eigenvalue weighted by Gasteiger charge is -2.13. The van der Waals surface area contributed by atoms with Gasteiger partial charge >= 0.3 is 0 Å². The molecule has 0 amide bonds. The van der Waals surface area contributed by atoms with Gasteiger partial charge in [0.05, 0.1) is 4.92 Å². The number of hydrogen-bond donors (Lipinski definition) is 2. The lowest BCUT2D eigenvalue weighted by molar-refractivity contribution is -0.384. The van der Waals surface area contributed by atoms with Crippen LogP contribution < -0.4 is 11.1 Å². The van der Waals surface area contributed by atoms with Crippen LogP contribution in [0.5, 0.6) is 0 Å². The molecule has 5 heteroatoms. The van der Waals surface area contributed by atoms with Crippen molar-refractivity contribution in [2.24, 2.45) is 5.73 Å². The summed E-state index contributed by atoms with van der Waals surface area (Å²) in [6.07, 6.45) is 2.02. The Morgan fingerprint density at radius 3 is 2.88 bits per heavy atom. The van der Waals surface area contributed by atoms with Gasteiger partial charge in [0.15, 0.2) is 0 Å². The molecule has 0 fully saturated rings. The van der Waals surface area contributed by atoms with Crippen molar-refractivity contribution >= 4 is 5.69 Å². The van der Waals surface area contributed by atoms with Crippen molar-refractivity contribution in [1.29, 1.82) is 0 Å². The smallest absolute Gasteiger partial charge is 0.269 e. The third-order valence-corrected chi connectivity index (χ3v) is 2.66. The van der Waals surface area contributed by atoms with Gasteiger partial charge in [0, 0.05) is 18.2 Å². The third-order valence-electron chi connectivity index (χ3n) is 2.66. The van der Waals surface area contributed by atoms with Crippen LogP contribution in [0.4, 0.5) is 5.69 Å². The Balaban J connectivity index is 2.53. The number of nitrogens with zero attached hydrogens (tertiary/aromatic N) is 1. The minimum Gasteiger partial charge on any atom is -0.330 e. The van der Waals surface area contributed by atoms with E-state index in [9.17, 15) is 10.1 Å². The van der Waals surface area contributed by atoms with E-state index in [0.717, 1.165) is 24.9 Å². The Morgan fingerprint density at radius 2 is 2.24 bits per heavy atom. The SMILES string of the molecule is CC(NCCCCN)c1cccc([N+](=O)[O-])c1. The maximum atomic E-state index is 10.6.